The van der Waals surface area contributed by atoms with Gasteiger partial charge in [0, 0.05) is 19.0 Å². The lowest BCUT2D eigenvalue weighted by atomic mass is 10.1. The molecule has 0 saturated heterocycles. The predicted molar refractivity (Wildman–Crippen MR) is 77.0 cm³/mol. The Hall–Kier alpha value is -1.87. The van der Waals surface area contributed by atoms with E-state index >= 15 is 0 Å². The minimum atomic E-state index is -1.66. The number of allylic oxidation sites excluding steroid dienone is 3. The molecule has 6 heteroatoms. The first-order valence-electron chi connectivity index (χ1n) is 6.03. The van der Waals surface area contributed by atoms with Gasteiger partial charge in [-0.3, -0.25) is 4.68 Å². The molecule has 1 aromatic rings. The highest BCUT2D eigenvalue weighted by Gasteiger charge is 2.25. The van der Waals surface area contributed by atoms with Crippen molar-refractivity contribution in [2.24, 2.45) is 7.05 Å². The lowest BCUT2D eigenvalue weighted by molar-refractivity contribution is 0.593. The van der Waals surface area contributed by atoms with Crippen LogP contribution >= 0.6 is 0 Å². The third-order valence-corrected chi connectivity index (χ3v) is 4.64. The molecule has 2 atom stereocenters. The van der Waals surface area contributed by atoms with Crippen LogP contribution in [0.1, 0.15) is 17.8 Å². The number of aromatic nitrogens is 2. The second kappa shape index (κ2) is 5.41. The van der Waals surface area contributed by atoms with Gasteiger partial charge in [0.2, 0.25) is 0 Å². The van der Waals surface area contributed by atoms with Crippen molar-refractivity contribution in [1.82, 2.24) is 9.78 Å². The number of nitrogens with one attached hydrogen (secondary N) is 1. The first-order valence-corrected chi connectivity index (χ1v) is 7.36. The molecule has 1 aliphatic carbocycles. The van der Waals surface area contributed by atoms with Crippen molar-refractivity contribution in [3.05, 3.63) is 35.2 Å². The molecule has 100 valence electrons. The summed E-state index contributed by atoms with van der Waals surface area (Å²) in [7, 11) is 0.200. The maximum Gasteiger partial charge on any atom is 0.171 e. The highest BCUT2D eigenvalue weighted by Crippen LogP contribution is 2.23. The molecule has 2 rings (SSSR count). The van der Waals surface area contributed by atoms with E-state index in [9.17, 15) is 4.21 Å². The zero-order valence-electron chi connectivity index (χ0n) is 11.2. The lowest BCUT2D eigenvalue weighted by Crippen LogP contribution is -2.21. The van der Waals surface area contributed by atoms with Crippen molar-refractivity contribution in [1.29, 1.82) is 5.26 Å². The minimum absolute atomic E-state index is 0.145. The Balaban J connectivity index is 2.13. The van der Waals surface area contributed by atoms with Crippen molar-refractivity contribution >= 4 is 16.7 Å². The van der Waals surface area contributed by atoms with E-state index in [2.05, 4.69) is 15.9 Å². The highest BCUT2D eigenvalue weighted by atomic mass is 32.2. The van der Waals surface area contributed by atoms with Crippen LogP contribution in [0.2, 0.25) is 0 Å². The average molecular weight is 277 g/mol. The summed E-state index contributed by atoms with van der Waals surface area (Å²) in [5.41, 5.74) is 3.28. The maximum atomic E-state index is 12.4. The van der Waals surface area contributed by atoms with Crippen LogP contribution in [0.25, 0.3) is 0 Å². The quantitative estimate of drug-likeness (QED) is 0.677. The molecular formula is C13H17N4OS+. The Morgan fingerprint density at radius 1 is 1.58 bits per heavy atom. The second-order valence-electron chi connectivity index (χ2n) is 4.57. The fraction of sp³-hybridized carbons (Fsp3) is 0.385. The SMILES string of the molecule is Cc1nn(C)c(C)c1N[SH+](=O)C1C=CC=C(C#N)C1. The van der Waals surface area contributed by atoms with Gasteiger partial charge in [-0.15, -0.1) is 0 Å². The van der Waals surface area contributed by atoms with Crippen LogP contribution in [0.3, 0.4) is 0 Å². The lowest BCUT2D eigenvalue weighted by Gasteiger charge is -2.11. The standard InChI is InChI=1S/C13H16N4OS/c1-9-13(10(2)17(3)15-9)16-19(18)12-6-4-5-11(7-12)8-14/h4-6,12H,7H2,1-3H3,(H,16,18)/p+1. The third kappa shape index (κ3) is 2.76. The van der Waals surface area contributed by atoms with Crippen LogP contribution in [-0.4, -0.2) is 15.0 Å². The summed E-state index contributed by atoms with van der Waals surface area (Å²) in [4.78, 5) is 0. The molecular weight excluding hydrogens is 260 g/mol. The number of hydrogen-bond donors (Lipinski definition) is 1. The van der Waals surface area contributed by atoms with Gasteiger partial charge in [0.25, 0.3) is 0 Å². The average Bonchev–Trinajstić information content (AvgIpc) is 2.65. The number of anilines is 1. The van der Waals surface area contributed by atoms with Gasteiger partial charge in [-0.2, -0.15) is 10.4 Å². The molecule has 0 fully saturated rings. The summed E-state index contributed by atoms with van der Waals surface area (Å²) in [6.45, 7) is 3.82. The largest absolute Gasteiger partial charge is 0.270 e. The molecule has 1 heterocycles. The molecule has 19 heavy (non-hydrogen) atoms. The second-order valence-corrected chi connectivity index (χ2v) is 6.11. The highest BCUT2D eigenvalue weighted by molar-refractivity contribution is 7.87. The topological polar surface area (TPSA) is 70.7 Å². The van der Waals surface area contributed by atoms with E-state index in [1.165, 1.54) is 0 Å². The number of thiol groups is 1. The van der Waals surface area contributed by atoms with Crippen LogP contribution in [-0.2, 0) is 22.2 Å². The van der Waals surface area contributed by atoms with Gasteiger partial charge in [-0.25, -0.2) is 4.72 Å². The zero-order chi connectivity index (χ0) is 14.0. The molecule has 0 bridgehead atoms. The van der Waals surface area contributed by atoms with E-state index in [0.29, 0.717) is 12.0 Å². The van der Waals surface area contributed by atoms with Crippen LogP contribution in [0.4, 0.5) is 5.69 Å². The van der Waals surface area contributed by atoms with E-state index in [0.717, 1.165) is 17.1 Å². The summed E-state index contributed by atoms with van der Waals surface area (Å²) in [5.74, 6) is 0. The molecule has 2 unspecified atom stereocenters. The number of nitriles is 1. The van der Waals surface area contributed by atoms with Crippen LogP contribution in [0.5, 0.6) is 0 Å². The molecule has 0 saturated carbocycles. The van der Waals surface area contributed by atoms with Crippen molar-refractivity contribution in [3.8, 4) is 6.07 Å². The van der Waals surface area contributed by atoms with Gasteiger partial charge < -0.3 is 0 Å². The van der Waals surface area contributed by atoms with Crippen LogP contribution in [0, 0.1) is 25.2 Å². The van der Waals surface area contributed by atoms with Crippen LogP contribution < -0.4 is 4.72 Å². The van der Waals surface area contributed by atoms with Gasteiger partial charge in [0.05, 0.1) is 17.5 Å². The molecule has 1 N–H and O–H groups in total. The normalized spacial score (nSPS) is 19.7. The smallest absolute Gasteiger partial charge is 0.171 e. The molecule has 1 aromatic heterocycles. The summed E-state index contributed by atoms with van der Waals surface area (Å²) < 4.78 is 17.2. The van der Waals surface area contributed by atoms with Gasteiger partial charge in [-0.05, 0) is 26.0 Å². The molecule has 5 nitrogen and oxygen atoms in total. The molecule has 0 amide bonds. The maximum absolute atomic E-state index is 12.4. The minimum Gasteiger partial charge on any atom is -0.270 e. The number of aryl methyl sites for hydroxylation is 2. The van der Waals surface area contributed by atoms with Crippen LogP contribution in [0.15, 0.2) is 23.8 Å². The molecule has 0 aliphatic heterocycles. The first kappa shape index (κ1) is 13.6. The monoisotopic (exact) mass is 277 g/mol. The number of rotatable bonds is 3. The summed E-state index contributed by atoms with van der Waals surface area (Å²) in [6.07, 6.45) is 5.96. The van der Waals surface area contributed by atoms with E-state index in [4.69, 9.17) is 5.26 Å². The first-order chi connectivity index (χ1) is 9.02. The molecule has 0 aromatic carbocycles. The predicted octanol–water partition coefficient (Wildman–Crippen LogP) is 1.84. The Bertz CT molecular complexity index is 621. The fourth-order valence-corrected chi connectivity index (χ4v) is 3.36. The van der Waals surface area contributed by atoms with E-state index < -0.39 is 11.0 Å². The van der Waals surface area contributed by atoms with Gasteiger partial charge >= 0.3 is 0 Å². The Kier molecular flexibility index (Phi) is 3.86. The summed E-state index contributed by atoms with van der Waals surface area (Å²) >= 11 is 0. The number of nitrogens with zero attached hydrogens (tertiary/aromatic N) is 3. The fourth-order valence-electron chi connectivity index (χ4n) is 2.03. The molecule has 1 aliphatic rings. The van der Waals surface area contributed by atoms with Crippen molar-refractivity contribution in [2.75, 3.05) is 4.72 Å². The zero-order valence-corrected chi connectivity index (χ0v) is 12.1. The number of hydrogen-bond acceptors (Lipinski definition) is 3. The van der Waals surface area contributed by atoms with Gasteiger partial charge in [0.15, 0.2) is 16.2 Å². The summed E-state index contributed by atoms with van der Waals surface area (Å²) in [6, 6.07) is 2.12. The van der Waals surface area contributed by atoms with Crippen molar-refractivity contribution < 1.29 is 4.21 Å². The Morgan fingerprint density at radius 2 is 2.32 bits per heavy atom. The van der Waals surface area contributed by atoms with E-state index in [1.807, 2.05) is 27.0 Å². The molecule has 0 spiro atoms. The third-order valence-electron chi connectivity index (χ3n) is 3.24. The molecule has 0 radical (unpaired) electrons. The Morgan fingerprint density at radius 3 is 2.89 bits per heavy atom. The van der Waals surface area contributed by atoms with E-state index in [1.54, 1.807) is 16.8 Å². The Labute approximate surface area is 115 Å². The van der Waals surface area contributed by atoms with Crippen molar-refractivity contribution in [2.45, 2.75) is 25.5 Å². The van der Waals surface area contributed by atoms with Crippen molar-refractivity contribution in [3.63, 3.8) is 0 Å². The van der Waals surface area contributed by atoms with Gasteiger partial charge in [-0.1, -0.05) is 10.3 Å². The van der Waals surface area contributed by atoms with Gasteiger partial charge in [0.1, 0.15) is 5.69 Å². The van der Waals surface area contributed by atoms with E-state index in [-0.39, 0.29) is 5.25 Å². The summed E-state index contributed by atoms with van der Waals surface area (Å²) in [5, 5.41) is 13.0.